The summed E-state index contributed by atoms with van der Waals surface area (Å²) in [5.41, 5.74) is -0.274. The Kier molecular flexibility index (Phi) is 9.44. The van der Waals surface area contributed by atoms with Crippen LogP contribution in [0.1, 0.15) is 59.3 Å². The van der Waals surface area contributed by atoms with Crippen molar-refractivity contribution in [1.82, 2.24) is 15.5 Å². The molecule has 0 radical (unpaired) electrons. The highest BCUT2D eigenvalue weighted by molar-refractivity contribution is 8.00. The van der Waals surface area contributed by atoms with Crippen LogP contribution in [0.25, 0.3) is 0 Å². The molecule has 0 aromatic carbocycles. The second-order valence-corrected chi connectivity index (χ2v) is 13.2. The molecule has 2 saturated heterocycles. The molecule has 2 aliphatic heterocycles. The standard InChI is InChI=1S/C26H48N4O4S/c1-4-5-8-28-24-29-23-18(15-22(33)27-9-10-30-11-13-34-14-12-30)25(2)7-6-21(32)26(3,17-31)20(25)16-19(23)35-24/h18-21,23-24,28-29,31-32H,4-17H2,1-3H3,(H,27,33)/p+1/t18-,19?,20-,21-,23?,24?,25+,26+/m1/s1. The Bertz CT molecular complexity index is 711. The first-order chi connectivity index (χ1) is 16.8. The van der Waals surface area contributed by atoms with Gasteiger partial charge in [-0.1, -0.05) is 39.0 Å². The summed E-state index contributed by atoms with van der Waals surface area (Å²) >= 11 is 2.00. The Morgan fingerprint density at radius 1 is 1.26 bits per heavy atom. The number of hydrogen-bond acceptors (Lipinski definition) is 7. The first kappa shape index (κ1) is 27.6. The van der Waals surface area contributed by atoms with E-state index in [0.29, 0.717) is 36.2 Å². The number of aliphatic hydroxyl groups excluding tert-OH is 2. The number of unbranched alkanes of at least 4 members (excludes halogenated alkanes) is 1. The summed E-state index contributed by atoms with van der Waals surface area (Å²) < 4.78 is 5.43. The largest absolute Gasteiger partial charge is 0.396 e. The topological polar surface area (TPSA) is 111 Å². The molecule has 4 aliphatic rings. The SMILES string of the molecule is CCCCNC1[NH2+]C2C(C[C@H]3[C@](C)(CO)[C@H](O)CC[C@@]3(C)[C@@H]2CC(=O)NCCN2CCOCC2)S1. The highest BCUT2D eigenvalue weighted by atomic mass is 32.2. The Balaban J connectivity index is 1.47. The molecule has 2 heterocycles. The molecule has 9 heteroatoms. The van der Waals surface area contributed by atoms with E-state index in [4.69, 9.17) is 4.74 Å². The number of morpholine rings is 1. The molecule has 8 nitrogen and oxygen atoms in total. The Labute approximate surface area is 215 Å². The summed E-state index contributed by atoms with van der Waals surface area (Å²) in [5, 5.41) is 31.2. The Morgan fingerprint density at radius 3 is 2.74 bits per heavy atom. The number of hydrogen-bond donors (Lipinski definition) is 5. The highest BCUT2D eigenvalue weighted by Gasteiger charge is 2.64. The lowest BCUT2D eigenvalue weighted by Gasteiger charge is -2.60. The smallest absolute Gasteiger partial charge is 0.220 e. The predicted octanol–water partition coefficient (Wildman–Crippen LogP) is 0.341. The number of fused-ring (bicyclic) bond motifs is 2. The summed E-state index contributed by atoms with van der Waals surface area (Å²) in [6.07, 6.45) is 4.99. The quantitative estimate of drug-likeness (QED) is 0.268. The van der Waals surface area contributed by atoms with Crippen LogP contribution in [0.4, 0.5) is 0 Å². The summed E-state index contributed by atoms with van der Waals surface area (Å²) in [4.78, 5) is 15.6. The van der Waals surface area contributed by atoms with Gasteiger partial charge in [0.15, 0.2) is 5.50 Å². The molecule has 1 amide bonds. The molecule has 6 N–H and O–H groups in total. The van der Waals surface area contributed by atoms with Crippen molar-refractivity contribution in [3.05, 3.63) is 0 Å². The maximum atomic E-state index is 13.3. The molecule has 8 atom stereocenters. The number of aliphatic hydroxyl groups is 2. The van der Waals surface area contributed by atoms with Crippen LogP contribution in [-0.4, -0.2) is 96.5 Å². The van der Waals surface area contributed by atoms with Crippen molar-refractivity contribution < 1.29 is 25.1 Å². The van der Waals surface area contributed by atoms with Crippen molar-refractivity contribution in [2.24, 2.45) is 22.7 Å². The summed E-state index contributed by atoms with van der Waals surface area (Å²) in [6, 6.07) is 0.378. The van der Waals surface area contributed by atoms with Crippen molar-refractivity contribution in [3.8, 4) is 0 Å². The van der Waals surface area contributed by atoms with Gasteiger partial charge in [-0.2, -0.15) is 0 Å². The zero-order valence-electron chi connectivity index (χ0n) is 22.0. The van der Waals surface area contributed by atoms with Gasteiger partial charge in [0.2, 0.25) is 5.91 Å². The number of nitrogens with two attached hydrogens (primary N) is 1. The van der Waals surface area contributed by atoms with E-state index in [1.807, 2.05) is 11.8 Å². The molecule has 35 heavy (non-hydrogen) atoms. The average Bonchev–Trinajstić information content (AvgIpc) is 3.26. The zero-order chi connectivity index (χ0) is 25.1. The van der Waals surface area contributed by atoms with Crippen molar-refractivity contribution in [3.63, 3.8) is 0 Å². The maximum absolute atomic E-state index is 13.3. The number of carbonyl (C=O) groups excluding carboxylic acids is 1. The van der Waals surface area contributed by atoms with Crippen molar-refractivity contribution in [1.29, 1.82) is 0 Å². The molecule has 4 rings (SSSR count). The van der Waals surface area contributed by atoms with E-state index in [-0.39, 0.29) is 29.8 Å². The van der Waals surface area contributed by atoms with Crippen LogP contribution >= 0.6 is 11.8 Å². The number of nitrogens with one attached hydrogen (secondary N) is 2. The minimum absolute atomic E-state index is 0.00314. The van der Waals surface area contributed by atoms with Crippen molar-refractivity contribution >= 4 is 17.7 Å². The van der Waals surface area contributed by atoms with E-state index in [2.05, 4.69) is 41.6 Å². The molecule has 0 aromatic rings. The van der Waals surface area contributed by atoms with Crippen LogP contribution in [0.3, 0.4) is 0 Å². The van der Waals surface area contributed by atoms with Gasteiger partial charge < -0.3 is 25.6 Å². The molecule has 2 aliphatic carbocycles. The number of rotatable bonds is 10. The first-order valence-corrected chi connectivity index (χ1v) is 14.9. The van der Waals surface area contributed by atoms with Gasteiger partial charge in [-0.25, -0.2) is 0 Å². The van der Waals surface area contributed by atoms with Gasteiger partial charge >= 0.3 is 0 Å². The number of thioether (sulfide) groups is 1. The molecule has 0 bridgehead atoms. The molecule has 2 saturated carbocycles. The maximum Gasteiger partial charge on any atom is 0.220 e. The number of quaternary nitrogens is 1. The summed E-state index contributed by atoms with van der Waals surface area (Å²) in [5.74, 6) is 0.562. The highest BCUT2D eigenvalue weighted by Crippen LogP contribution is 2.62. The van der Waals surface area contributed by atoms with Gasteiger partial charge in [0.1, 0.15) is 6.04 Å². The fraction of sp³-hybridized carbons (Fsp3) is 0.962. The lowest BCUT2D eigenvalue weighted by molar-refractivity contribution is -0.708. The van der Waals surface area contributed by atoms with Gasteiger partial charge in [-0.3, -0.25) is 15.0 Å². The second-order valence-electron chi connectivity index (χ2n) is 11.8. The van der Waals surface area contributed by atoms with Crippen LogP contribution in [0, 0.1) is 22.7 Å². The fourth-order valence-electron chi connectivity index (χ4n) is 7.42. The second kappa shape index (κ2) is 12.0. The van der Waals surface area contributed by atoms with E-state index < -0.39 is 11.5 Å². The lowest BCUT2D eigenvalue weighted by Crippen LogP contribution is -2.97. The molecule has 3 unspecified atom stereocenters. The van der Waals surface area contributed by atoms with Gasteiger partial charge in [0.25, 0.3) is 0 Å². The molecule has 0 aromatic heterocycles. The third kappa shape index (κ3) is 5.86. The predicted molar refractivity (Wildman–Crippen MR) is 139 cm³/mol. The van der Waals surface area contributed by atoms with Crippen LogP contribution in [0.2, 0.25) is 0 Å². The van der Waals surface area contributed by atoms with E-state index in [1.165, 1.54) is 12.8 Å². The number of nitrogens with zero attached hydrogens (tertiary/aromatic N) is 1. The molecule has 4 fully saturated rings. The van der Waals surface area contributed by atoms with E-state index >= 15 is 0 Å². The van der Waals surface area contributed by atoms with E-state index in [1.54, 1.807) is 0 Å². The van der Waals surface area contributed by atoms with Gasteiger partial charge in [0, 0.05) is 50.5 Å². The third-order valence-corrected chi connectivity index (χ3v) is 11.2. The fourth-order valence-corrected chi connectivity index (χ4v) is 9.05. The van der Waals surface area contributed by atoms with Crippen LogP contribution in [0.15, 0.2) is 0 Å². The lowest BCUT2D eigenvalue weighted by atomic mass is 9.46. The third-order valence-electron chi connectivity index (χ3n) is 9.71. The molecule has 0 spiro atoms. The van der Waals surface area contributed by atoms with Crippen molar-refractivity contribution in [2.45, 2.75) is 82.2 Å². The zero-order valence-corrected chi connectivity index (χ0v) is 22.8. The molecular formula is C26H49N4O4S+. The summed E-state index contributed by atoms with van der Waals surface area (Å²) in [6.45, 7) is 12.6. The van der Waals surface area contributed by atoms with E-state index in [0.717, 1.165) is 52.2 Å². The van der Waals surface area contributed by atoms with Gasteiger partial charge in [-0.15, -0.1) is 0 Å². The first-order valence-electron chi connectivity index (χ1n) is 13.9. The van der Waals surface area contributed by atoms with Gasteiger partial charge in [0.05, 0.1) is 31.2 Å². The number of carbonyl (C=O) groups is 1. The number of ether oxygens (including phenoxy) is 1. The average molecular weight is 514 g/mol. The monoisotopic (exact) mass is 513 g/mol. The number of amides is 1. The van der Waals surface area contributed by atoms with Crippen LogP contribution < -0.4 is 16.0 Å². The molecular weight excluding hydrogens is 464 g/mol. The van der Waals surface area contributed by atoms with Crippen molar-refractivity contribution in [2.75, 3.05) is 52.5 Å². The van der Waals surface area contributed by atoms with Crippen LogP contribution in [-0.2, 0) is 9.53 Å². The minimum Gasteiger partial charge on any atom is -0.396 e. The Morgan fingerprint density at radius 2 is 2.03 bits per heavy atom. The normalized spacial score (nSPS) is 41.9. The minimum atomic E-state index is -0.517. The summed E-state index contributed by atoms with van der Waals surface area (Å²) in [7, 11) is 0. The van der Waals surface area contributed by atoms with Gasteiger partial charge in [-0.05, 0) is 37.0 Å². The Hall–Kier alpha value is -0.420. The van der Waals surface area contributed by atoms with Crippen LogP contribution in [0.5, 0.6) is 0 Å². The molecule has 202 valence electrons. The van der Waals surface area contributed by atoms with E-state index in [9.17, 15) is 15.0 Å².